The summed E-state index contributed by atoms with van der Waals surface area (Å²) in [5, 5.41) is 2.55. The van der Waals surface area contributed by atoms with E-state index in [2.05, 4.69) is 63.5 Å². The fourth-order valence-electron chi connectivity index (χ4n) is 4.26. The third-order valence-corrected chi connectivity index (χ3v) is 10.4. The fourth-order valence-corrected chi connectivity index (χ4v) is 9.69. The highest BCUT2D eigenvalue weighted by atomic mass is 28.4. The Bertz CT molecular complexity index is 868. The predicted octanol–water partition coefficient (Wildman–Crippen LogP) is 5.11. The van der Waals surface area contributed by atoms with Gasteiger partial charge in [0.05, 0.1) is 0 Å². The largest absolute Gasteiger partial charge is 0.541 e. The molecule has 0 saturated carbocycles. The number of hydrogen-bond donors (Lipinski definition) is 0. The van der Waals surface area contributed by atoms with Crippen LogP contribution < -0.4 is 0 Å². The minimum atomic E-state index is -1.86. The third kappa shape index (κ3) is 2.09. The molecule has 1 aromatic carbocycles. The van der Waals surface area contributed by atoms with E-state index in [1.165, 1.54) is 27.9 Å². The maximum atomic E-state index is 13.3. The molecule has 0 N–H and O–H groups in total. The zero-order valence-electron chi connectivity index (χ0n) is 15.1. The van der Waals surface area contributed by atoms with Crippen molar-refractivity contribution in [3.05, 3.63) is 57.1 Å². The van der Waals surface area contributed by atoms with Gasteiger partial charge < -0.3 is 4.43 Å². The average molecular weight is 353 g/mol. The van der Waals surface area contributed by atoms with E-state index >= 15 is 0 Å². The molecule has 2 aliphatic carbocycles. The number of carbonyl (C=O) groups is 1. The zero-order valence-corrected chi connectivity index (χ0v) is 17.1. The third-order valence-electron chi connectivity index (χ3n) is 5.18. The molecule has 2 nitrogen and oxygen atoms in total. The minimum absolute atomic E-state index is 0.193. The predicted molar refractivity (Wildman–Crippen MR) is 105 cm³/mol. The summed E-state index contributed by atoms with van der Waals surface area (Å²) in [6.45, 7) is 11.0. The number of Topliss-reactive ketones (excluding diaryl/α,β-unsaturated/α-hetero) is 1. The Balaban J connectivity index is 1.90. The highest BCUT2D eigenvalue weighted by Crippen LogP contribution is 2.60. The number of benzene rings is 1. The van der Waals surface area contributed by atoms with Crippen molar-refractivity contribution in [2.24, 2.45) is 0 Å². The van der Waals surface area contributed by atoms with E-state index in [4.69, 9.17) is 4.43 Å². The van der Waals surface area contributed by atoms with Crippen molar-refractivity contribution < 1.29 is 9.22 Å². The second-order valence-corrected chi connectivity index (χ2v) is 16.8. The standard InChI is InChI=1S/C20H24O2Si2/c1-6-11-24(5)19-15-12-13-9-7-8-10-14(13)16(15)18(17(21)20(19)24)22-23(2,3)4/h7-10,12H,6,11H2,1-5H3. The molecular weight excluding hydrogens is 328 g/mol. The van der Waals surface area contributed by atoms with Crippen molar-refractivity contribution in [1.82, 2.24) is 0 Å². The number of carbonyl (C=O) groups excluding carboxylic acids is 1. The SMILES string of the molecule is CCC[Si]1(C)C2=C1C1=Cc3ccccc3C1=C(O[Si](C)(C)C)C2=O. The summed E-state index contributed by atoms with van der Waals surface area (Å²) in [4.78, 5) is 13.3. The molecule has 0 saturated heterocycles. The normalized spacial score (nSPS) is 24.5. The van der Waals surface area contributed by atoms with Crippen molar-refractivity contribution in [3.63, 3.8) is 0 Å². The van der Waals surface area contributed by atoms with Crippen LogP contribution in [0.2, 0.25) is 32.2 Å². The molecule has 0 bridgehead atoms. The molecule has 4 heteroatoms. The van der Waals surface area contributed by atoms with Crippen LogP contribution in [0, 0.1) is 0 Å². The lowest BCUT2D eigenvalue weighted by Crippen LogP contribution is -2.29. The van der Waals surface area contributed by atoms with Gasteiger partial charge >= 0.3 is 0 Å². The van der Waals surface area contributed by atoms with Crippen LogP contribution in [0.3, 0.4) is 0 Å². The van der Waals surface area contributed by atoms with Crippen molar-refractivity contribution in [3.8, 4) is 0 Å². The van der Waals surface area contributed by atoms with E-state index in [1.807, 2.05) is 0 Å². The molecule has 1 unspecified atom stereocenters. The highest BCUT2D eigenvalue weighted by Gasteiger charge is 2.60. The summed E-state index contributed by atoms with van der Waals surface area (Å²) in [5.74, 6) is 0.829. The van der Waals surface area contributed by atoms with Crippen molar-refractivity contribution >= 4 is 33.8 Å². The second-order valence-electron chi connectivity index (χ2n) is 8.23. The van der Waals surface area contributed by atoms with Gasteiger partial charge in [-0.25, -0.2) is 0 Å². The Hall–Kier alpha value is -1.66. The van der Waals surface area contributed by atoms with Gasteiger partial charge in [0.15, 0.2) is 5.76 Å². The Kier molecular flexibility index (Phi) is 3.25. The number of hydrogen-bond acceptors (Lipinski definition) is 2. The first-order chi connectivity index (χ1) is 11.3. The molecule has 124 valence electrons. The molecule has 4 rings (SSSR count). The Morgan fingerprint density at radius 2 is 1.83 bits per heavy atom. The van der Waals surface area contributed by atoms with Crippen molar-refractivity contribution in [1.29, 1.82) is 0 Å². The molecule has 0 spiro atoms. The average Bonchev–Trinajstić information content (AvgIpc) is 2.92. The van der Waals surface area contributed by atoms with Crippen LogP contribution in [0.1, 0.15) is 24.5 Å². The molecule has 0 aromatic heterocycles. The van der Waals surface area contributed by atoms with E-state index in [1.54, 1.807) is 0 Å². The molecule has 1 atom stereocenters. The smallest absolute Gasteiger partial charge is 0.242 e. The summed E-state index contributed by atoms with van der Waals surface area (Å²) in [6, 6.07) is 9.57. The van der Waals surface area contributed by atoms with Crippen LogP contribution in [0.15, 0.2) is 46.0 Å². The molecule has 24 heavy (non-hydrogen) atoms. The molecule has 0 radical (unpaired) electrons. The summed E-state index contributed by atoms with van der Waals surface area (Å²) < 4.78 is 6.35. The minimum Gasteiger partial charge on any atom is -0.541 e. The number of allylic oxidation sites excluding steroid dienone is 4. The van der Waals surface area contributed by atoms with Gasteiger partial charge in [0.25, 0.3) is 0 Å². The van der Waals surface area contributed by atoms with E-state index in [9.17, 15) is 4.79 Å². The second kappa shape index (κ2) is 4.93. The van der Waals surface area contributed by atoms with Gasteiger partial charge in [0.2, 0.25) is 14.1 Å². The number of rotatable bonds is 4. The lowest BCUT2D eigenvalue weighted by molar-refractivity contribution is -0.113. The monoisotopic (exact) mass is 352 g/mol. The van der Waals surface area contributed by atoms with Gasteiger partial charge in [0, 0.05) is 5.57 Å². The van der Waals surface area contributed by atoms with E-state index in [0.717, 1.165) is 17.2 Å². The Labute approximate surface area is 146 Å². The summed E-state index contributed by atoms with van der Waals surface area (Å²) in [7, 11) is -3.56. The van der Waals surface area contributed by atoms with Gasteiger partial charge in [-0.3, -0.25) is 4.79 Å². The maximum Gasteiger partial charge on any atom is 0.242 e. The van der Waals surface area contributed by atoms with Gasteiger partial charge in [-0.2, -0.15) is 0 Å². The highest BCUT2D eigenvalue weighted by molar-refractivity contribution is 7.08. The topological polar surface area (TPSA) is 26.3 Å². The summed E-state index contributed by atoms with van der Waals surface area (Å²) in [6.07, 6.45) is 3.43. The first-order valence-electron chi connectivity index (χ1n) is 8.83. The lowest BCUT2D eigenvalue weighted by atomic mass is 9.96. The van der Waals surface area contributed by atoms with Crippen LogP contribution >= 0.6 is 0 Å². The van der Waals surface area contributed by atoms with Crippen LogP contribution in [0.5, 0.6) is 0 Å². The van der Waals surface area contributed by atoms with Gasteiger partial charge in [0.1, 0.15) is 8.07 Å². The fraction of sp³-hybridized carbons (Fsp3) is 0.350. The van der Waals surface area contributed by atoms with E-state index in [-0.39, 0.29) is 5.78 Å². The zero-order chi connectivity index (χ0) is 17.3. The van der Waals surface area contributed by atoms with Crippen LogP contribution in [0.4, 0.5) is 0 Å². The Morgan fingerprint density at radius 3 is 2.50 bits per heavy atom. The first kappa shape index (κ1) is 15.8. The van der Waals surface area contributed by atoms with Crippen molar-refractivity contribution in [2.45, 2.75) is 45.6 Å². The van der Waals surface area contributed by atoms with Gasteiger partial charge in [-0.1, -0.05) is 44.2 Å². The first-order valence-corrected chi connectivity index (χ1v) is 14.9. The van der Waals surface area contributed by atoms with Crippen LogP contribution in [0.25, 0.3) is 11.6 Å². The van der Waals surface area contributed by atoms with Crippen LogP contribution in [-0.4, -0.2) is 22.2 Å². The molecular formula is C20H24O2Si2. The van der Waals surface area contributed by atoms with Crippen molar-refractivity contribution in [2.75, 3.05) is 0 Å². The maximum absolute atomic E-state index is 13.3. The van der Waals surface area contributed by atoms with Gasteiger partial charge in [-0.05, 0) is 58.9 Å². The molecule has 1 heterocycles. The Morgan fingerprint density at radius 1 is 1.12 bits per heavy atom. The van der Waals surface area contributed by atoms with E-state index < -0.39 is 16.4 Å². The lowest BCUT2D eigenvalue weighted by Gasteiger charge is -2.24. The summed E-state index contributed by atoms with van der Waals surface area (Å²) in [5.41, 5.74) is 4.76. The number of ketones is 1. The number of fused-ring (bicyclic) bond motifs is 4. The van der Waals surface area contributed by atoms with Crippen LogP contribution in [-0.2, 0) is 9.22 Å². The summed E-state index contributed by atoms with van der Waals surface area (Å²) >= 11 is 0. The molecule has 1 aromatic rings. The quantitative estimate of drug-likeness (QED) is 0.704. The van der Waals surface area contributed by atoms with E-state index in [0.29, 0.717) is 5.76 Å². The van der Waals surface area contributed by atoms with Gasteiger partial charge in [-0.15, -0.1) is 0 Å². The molecule has 0 amide bonds. The molecule has 0 fully saturated rings. The molecule has 3 aliphatic rings. The molecule has 1 aliphatic heterocycles.